The van der Waals surface area contributed by atoms with Crippen molar-refractivity contribution >= 4 is 27.7 Å². The first-order chi connectivity index (χ1) is 13.0. The van der Waals surface area contributed by atoms with Gasteiger partial charge in [-0.05, 0) is 48.7 Å². The summed E-state index contributed by atoms with van der Waals surface area (Å²) in [6, 6.07) is 8.95. The maximum Gasteiger partial charge on any atom is 0.330 e. The molecular weight excluding hydrogens is 382 g/mol. The van der Waals surface area contributed by atoms with E-state index in [1.807, 2.05) is 13.0 Å². The lowest BCUT2D eigenvalue weighted by molar-refractivity contribution is -0.139. The molecule has 0 fully saturated rings. The fourth-order valence-corrected chi connectivity index (χ4v) is 3.55. The molecule has 3 N–H and O–H groups in total. The number of carboxylic acid groups (broad SMARTS) is 1. The number of sulfonamides is 1. The predicted octanol–water partition coefficient (Wildman–Crippen LogP) is 2.50. The van der Waals surface area contributed by atoms with E-state index in [4.69, 9.17) is 0 Å². The number of anilines is 1. The third-order valence-corrected chi connectivity index (χ3v) is 6.16. The number of hydrogen-bond donors (Lipinski definition) is 3. The molecule has 0 aliphatic carbocycles. The highest BCUT2D eigenvalue weighted by atomic mass is 32.2. The summed E-state index contributed by atoms with van der Waals surface area (Å²) in [5.41, 5.74) is 2.39. The Balaban J connectivity index is 2.23. The Labute approximate surface area is 164 Å². The molecule has 0 bridgehead atoms. The van der Waals surface area contributed by atoms with Gasteiger partial charge >= 0.3 is 12.0 Å². The summed E-state index contributed by atoms with van der Waals surface area (Å²) < 4.78 is 25.5. The zero-order chi connectivity index (χ0) is 21.1. The van der Waals surface area contributed by atoms with E-state index in [-0.39, 0.29) is 10.6 Å². The quantitative estimate of drug-likeness (QED) is 0.683. The molecule has 0 heterocycles. The number of aliphatic carboxylic acids is 1. The summed E-state index contributed by atoms with van der Waals surface area (Å²) in [5.74, 6) is -1.20. The SMILES string of the molecule is Cc1cccc([C@@H](NC(=O)Nc2cccc(S(=O)(=O)N(C)C)c2)C(=O)O)c1C. The number of nitrogens with one attached hydrogen (secondary N) is 2. The summed E-state index contributed by atoms with van der Waals surface area (Å²) in [4.78, 5) is 24.0. The van der Waals surface area contributed by atoms with Gasteiger partial charge in [-0.25, -0.2) is 22.3 Å². The number of rotatable bonds is 6. The third-order valence-electron chi connectivity index (χ3n) is 4.35. The first-order valence-electron chi connectivity index (χ1n) is 8.43. The molecule has 0 saturated heterocycles. The highest BCUT2D eigenvalue weighted by Gasteiger charge is 2.24. The monoisotopic (exact) mass is 405 g/mol. The van der Waals surface area contributed by atoms with Crippen LogP contribution < -0.4 is 10.6 Å². The van der Waals surface area contributed by atoms with Gasteiger partial charge in [-0.15, -0.1) is 0 Å². The van der Waals surface area contributed by atoms with Crippen LogP contribution in [0, 0.1) is 13.8 Å². The lowest BCUT2D eigenvalue weighted by Gasteiger charge is -2.19. The van der Waals surface area contributed by atoms with E-state index < -0.39 is 28.1 Å². The molecule has 2 aromatic carbocycles. The second kappa shape index (κ2) is 8.41. The Morgan fingerprint density at radius 1 is 1.07 bits per heavy atom. The zero-order valence-electron chi connectivity index (χ0n) is 16.1. The lowest BCUT2D eigenvalue weighted by atomic mass is 9.97. The number of benzene rings is 2. The summed E-state index contributed by atoms with van der Waals surface area (Å²) in [7, 11) is -0.844. The van der Waals surface area contributed by atoms with Gasteiger partial charge in [0.2, 0.25) is 10.0 Å². The number of hydrogen-bond acceptors (Lipinski definition) is 4. The number of carbonyl (C=O) groups excluding carboxylic acids is 1. The first kappa shape index (κ1) is 21.4. The van der Waals surface area contributed by atoms with Crippen LogP contribution >= 0.6 is 0 Å². The minimum Gasteiger partial charge on any atom is -0.479 e. The minimum absolute atomic E-state index is 0.0135. The minimum atomic E-state index is -3.66. The third kappa shape index (κ3) is 4.68. The van der Waals surface area contributed by atoms with Crippen molar-refractivity contribution in [3.63, 3.8) is 0 Å². The van der Waals surface area contributed by atoms with E-state index >= 15 is 0 Å². The van der Waals surface area contributed by atoms with Crippen molar-refractivity contribution in [3.05, 3.63) is 59.2 Å². The zero-order valence-corrected chi connectivity index (χ0v) is 16.9. The van der Waals surface area contributed by atoms with Crippen molar-refractivity contribution in [2.45, 2.75) is 24.8 Å². The maximum absolute atomic E-state index is 12.3. The molecule has 8 nitrogen and oxygen atoms in total. The Morgan fingerprint density at radius 3 is 2.32 bits per heavy atom. The molecule has 0 saturated carbocycles. The van der Waals surface area contributed by atoms with Crippen molar-refractivity contribution in [1.82, 2.24) is 9.62 Å². The van der Waals surface area contributed by atoms with E-state index in [2.05, 4.69) is 10.6 Å². The molecule has 0 unspecified atom stereocenters. The molecular formula is C19H23N3O5S. The van der Waals surface area contributed by atoms with Gasteiger partial charge in [-0.1, -0.05) is 24.3 Å². The van der Waals surface area contributed by atoms with E-state index in [0.717, 1.165) is 15.4 Å². The van der Waals surface area contributed by atoms with Gasteiger partial charge < -0.3 is 15.7 Å². The summed E-state index contributed by atoms with van der Waals surface area (Å²) >= 11 is 0. The first-order valence-corrected chi connectivity index (χ1v) is 9.87. The van der Waals surface area contributed by atoms with Gasteiger partial charge in [0.05, 0.1) is 4.90 Å². The molecule has 150 valence electrons. The average Bonchev–Trinajstić information content (AvgIpc) is 2.62. The normalized spacial score (nSPS) is 12.5. The van der Waals surface area contributed by atoms with E-state index in [0.29, 0.717) is 5.56 Å². The van der Waals surface area contributed by atoms with Crippen LogP contribution in [0.25, 0.3) is 0 Å². The summed E-state index contributed by atoms with van der Waals surface area (Å²) in [6.45, 7) is 3.64. The van der Waals surface area contributed by atoms with Crippen molar-refractivity contribution in [2.24, 2.45) is 0 Å². The molecule has 28 heavy (non-hydrogen) atoms. The van der Waals surface area contributed by atoms with Gasteiger partial charge in [0.25, 0.3) is 0 Å². The van der Waals surface area contributed by atoms with Crippen molar-refractivity contribution in [1.29, 1.82) is 0 Å². The van der Waals surface area contributed by atoms with Crippen LogP contribution in [-0.2, 0) is 14.8 Å². The maximum atomic E-state index is 12.3. The van der Waals surface area contributed by atoms with Crippen LogP contribution in [0.1, 0.15) is 22.7 Å². The van der Waals surface area contributed by atoms with E-state index in [9.17, 15) is 23.1 Å². The Bertz CT molecular complexity index is 1000. The molecule has 2 amide bonds. The predicted molar refractivity (Wildman–Crippen MR) is 106 cm³/mol. The molecule has 0 radical (unpaired) electrons. The molecule has 0 spiro atoms. The highest BCUT2D eigenvalue weighted by Crippen LogP contribution is 2.22. The fraction of sp³-hybridized carbons (Fsp3) is 0.263. The molecule has 0 aliphatic heterocycles. The number of nitrogens with zero attached hydrogens (tertiary/aromatic N) is 1. The van der Waals surface area contributed by atoms with E-state index in [1.165, 1.54) is 38.4 Å². The largest absolute Gasteiger partial charge is 0.479 e. The summed E-state index contributed by atoms with van der Waals surface area (Å²) in [6.07, 6.45) is 0. The van der Waals surface area contributed by atoms with E-state index in [1.54, 1.807) is 19.1 Å². The van der Waals surface area contributed by atoms with Gasteiger partial charge in [-0.3, -0.25) is 0 Å². The number of carbonyl (C=O) groups is 2. The summed E-state index contributed by atoms with van der Waals surface area (Å²) in [5, 5.41) is 14.4. The molecule has 1 atom stereocenters. The van der Waals surface area contributed by atoms with Crippen LogP contribution in [-0.4, -0.2) is 43.9 Å². The average molecular weight is 405 g/mol. The number of urea groups is 1. The highest BCUT2D eigenvalue weighted by molar-refractivity contribution is 7.89. The topological polar surface area (TPSA) is 116 Å². The fourth-order valence-electron chi connectivity index (χ4n) is 2.60. The Kier molecular flexibility index (Phi) is 6.42. The smallest absolute Gasteiger partial charge is 0.330 e. The van der Waals surface area contributed by atoms with Gasteiger partial charge in [0.15, 0.2) is 6.04 Å². The Morgan fingerprint density at radius 2 is 1.71 bits per heavy atom. The van der Waals surface area contributed by atoms with Crippen molar-refractivity contribution in [2.75, 3.05) is 19.4 Å². The van der Waals surface area contributed by atoms with Gasteiger partial charge in [0, 0.05) is 19.8 Å². The lowest BCUT2D eigenvalue weighted by Crippen LogP contribution is -2.37. The van der Waals surface area contributed by atoms with Gasteiger partial charge in [-0.2, -0.15) is 0 Å². The molecule has 2 aromatic rings. The molecule has 0 aliphatic rings. The van der Waals surface area contributed by atoms with Crippen LogP contribution in [0.4, 0.5) is 10.5 Å². The second-order valence-corrected chi connectivity index (χ2v) is 8.63. The standard InChI is InChI=1S/C19H23N3O5S/c1-12-7-5-10-16(13(12)2)17(18(23)24)21-19(25)20-14-8-6-9-15(11-14)28(26,27)22(3)4/h5-11,17H,1-4H3,(H,23,24)(H2,20,21,25)/t17-/m1/s1. The molecule has 9 heteroatoms. The van der Waals surface area contributed by atoms with Gasteiger partial charge in [0.1, 0.15) is 0 Å². The van der Waals surface area contributed by atoms with Crippen molar-refractivity contribution < 1.29 is 23.1 Å². The molecule has 2 rings (SSSR count). The second-order valence-electron chi connectivity index (χ2n) is 6.47. The number of aryl methyl sites for hydroxylation is 1. The number of carboxylic acids is 1. The Hall–Kier alpha value is -2.91. The van der Waals surface area contributed by atoms with Crippen LogP contribution in [0.15, 0.2) is 47.4 Å². The van der Waals surface area contributed by atoms with Crippen LogP contribution in [0.2, 0.25) is 0 Å². The number of amides is 2. The van der Waals surface area contributed by atoms with Crippen LogP contribution in [0.5, 0.6) is 0 Å². The van der Waals surface area contributed by atoms with Crippen LogP contribution in [0.3, 0.4) is 0 Å². The van der Waals surface area contributed by atoms with Crippen molar-refractivity contribution in [3.8, 4) is 0 Å². The molecule has 0 aromatic heterocycles.